The number of ether oxygens (including phenoxy) is 1. The van der Waals surface area contributed by atoms with Crippen LogP contribution in [-0.4, -0.2) is 50.8 Å². The van der Waals surface area contributed by atoms with Crippen molar-refractivity contribution in [3.63, 3.8) is 0 Å². The second kappa shape index (κ2) is 7.94. The number of likely N-dealkylation sites (tertiary alicyclic amines) is 1. The minimum Gasteiger partial charge on any atom is -0.384 e. The van der Waals surface area contributed by atoms with E-state index in [2.05, 4.69) is 31.0 Å². The molecule has 2 aliphatic rings. The lowest BCUT2D eigenvalue weighted by atomic mass is 9.67. The number of nitrogens with zero attached hydrogens (tertiary/aromatic N) is 1. The van der Waals surface area contributed by atoms with Crippen molar-refractivity contribution >= 4 is 0 Å². The van der Waals surface area contributed by atoms with Crippen molar-refractivity contribution in [2.75, 3.05) is 39.9 Å². The third kappa shape index (κ3) is 4.67. The van der Waals surface area contributed by atoms with Gasteiger partial charge in [0.25, 0.3) is 0 Å². The van der Waals surface area contributed by atoms with E-state index < -0.39 is 0 Å². The Balaban J connectivity index is 1.90. The lowest BCUT2D eigenvalue weighted by Gasteiger charge is -2.46. The summed E-state index contributed by atoms with van der Waals surface area (Å²) < 4.78 is 5.33. The van der Waals surface area contributed by atoms with Gasteiger partial charge in [0.05, 0.1) is 6.61 Å². The van der Waals surface area contributed by atoms with Gasteiger partial charge in [-0.05, 0) is 56.0 Å². The molecule has 3 heteroatoms. The molecule has 3 atom stereocenters. The molecule has 1 saturated heterocycles. The zero-order valence-electron chi connectivity index (χ0n) is 14.7. The average molecular weight is 296 g/mol. The fraction of sp³-hybridized carbons (Fsp3) is 1.00. The Labute approximate surface area is 131 Å². The Kier molecular flexibility index (Phi) is 6.51. The van der Waals surface area contributed by atoms with Crippen LogP contribution in [0.15, 0.2) is 0 Å². The molecular weight excluding hydrogens is 260 g/mol. The number of rotatable bonds is 7. The summed E-state index contributed by atoms with van der Waals surface area (Å²) in [6.45, 7) is 13.1. The van der Waals surface area contributed by atoms with Crippen molar-refractivity contribution in [2.24, 2.45) is 17.3 Å². The largest absolute Gasteiger partial charge is 0.384 e. The number of nitrogens with one attached hydrogen (secondary N) is 1. The molecule has 124 valence electrons. The first kappa shape index (κ1) is 17.2. The van der Waals surface area contributed by atoms with Gasteiger partial charge in [0.1, 0.15) is 0 Å². The smallest absolute Gasteiger partial charge is 0.0503 e. The molecule has 0 radical (unpaired) electrons. The van der Waals surface area contributed by atoms with Gasteiger partial charge in [0, 0.05) is 26.2 Å². The Bertz CT molecular complexity index is 306. The van der Waals surface area contributed by atoms with Gasteiger partial charge in [-0.1, -0.05) is 27.2 Å². The lowest BCUT2D eigenvalue weighted by molar-refractivity contribution is 0.0818. The predicted molar refractivity (Wildman–Crippen MR) is 89.6 cm³/mol. The van der Waals surface area contributed by atoms with Crippen LogP contribution in [0.1, 0.15) is 52.9 Å². The average Bonchev–Trinajstić information content (AvgIpc) is 2.85. The van der Waals surface area contributed by atoms with E-state index in [0.29, 0.717) is 11.5 Å². The molecule has 21 heavy (non-hydrogen) atoms. The van der Waals surface area contributed by atoms with Crippen LogP contribution >= 0.6 is 0 Å². The summed E-state index contributed by atoms with van der Waals surface area (Å²) in [6, 6.07) is 0.688. The van der Waals surface area contributed by atoms with Crippen molar-refractivity contribution in [2.45, 2.75) is 58.9 Å². The maximum Gasteiger partial charge on any atom is 0.0503 e. The molecular formula is C18H36N2O. The third-order valence-corrected chi connectivity index (χ3v) is 5.59. The summed E-state index contributed by atoms with van der Waals surface area (Å²) in [6.07, 6.45) is 6.72. The third-order valence-electron chi connectivity index (χ3n) is 5.59. The topological polar surface area (TPSA) is 24.5 Å². The summed E-state index contributed by atoms with van der Waals surface area (Å²) in [5, 5.41) is 3.87. The second-order valence-corrected chi connectivity index (χ2v) is 7.94. The van der Waals surface area contributed by atoms with Crippen LogP contribution in [0, 0.1) is 17.3 Å². The quantitative estimate of drug-likeness (QED) is 0.781. The molecule has 0 amide bonds. The van der Waals surface area contributed by atoms with Gasteiger partial charge in [-0.3, -0.25) is 0 Å². The summed E-state index contributed by atoms with van der Waals surface area (Å²) in [7, 11) is 1.83. The highest BCUT2D eigenvalue weighted by Crippen LogP contribution is 2.39. The van der Waals surface area contributed by atoms with E-state index in [1.54, 1.807) is 0 Å². The van der Waals surface area contributed by atoms with Gasteiger partial charge in [-0.15, -0.1) is 0 Å². The fourth-order valence-electron chi connectivity index (χ4n) is 4.50. The number of hydrogen-bond acceptors (Lipinski definition) is 3. The van der Waals surface area contributed by atoms with Gasteiger partial charge in [0.2, 0.25) is 0 Å². The SMILES string of the molecule is CCCNC1C(CN2CCC(COC)C2)CCCC1(C)C. The first-order chi connectivity index (χ1) is 10.1. The van der Waals surface area contributed by atoms with E-state index in [1.165, 1.54) is 51.7 Å². The minimum atomic E-state index is 0.448. The maximum atomic E-state index is 5.33. The molecule has 1 saturated carbocycles. The van der Waals surface area contributed by atoms with Gasteiger partial charge in [-0.25, -0.2) is 0 Å². The molecule has 1 N–H and O–H groups in total. The Morgan fingerprint density at radius 1 is 1.29 bits per heavy atom. The molecule has 1 heterocycles. The summed E-state index contributed by atoms with van der Waals surface area (Å²) >= 11 is 0. The van der Waals surface area contributed by atoms with E-state index in [4.69, 9.17) is 4.74 Å². The fourth-order valence-corrected chi connectivity index (χ4v) is 4.50. The van der Waals surface area contributed by atoms with Crippen molar-refractivity contribution in [3.05, 3.63) is 0 Å². The highest BCUT2D eigenvalue weighted by molar-refractivity contribution is 4.95. The van der Waals surface area contributed by atoms with E-state index in [9.17, 15) is 0 Å². The first-order valence-corrected chi connectivity index (χ1v) is 9.01. The molecule has 0 aromatic rings. The summed E-state index contributed by atoms with van der Waals surface area (Å²) in [5.41, 5.74) is 0.448. The van der Waals surface area contributed by atoms with Crippen LogP contribution in [0.5, 0.6) is 0 Å². The van der Waals surface area contributed by atoms with Crippen LogP contribution in [0.25, 0.3) is 0 Å². The first-order valence-electron chi connectivity index (χ1n) is 9.01. The monoisotopic (exact) mass is 296 g/mol. The molecule has 0 aromatic heterocycles. The van der Waals surface area contributed by atoms with Crippen molar-refractivity contribution in [3.8, 4) is 0 Å². The second-order valence-electron chi connectivity index (χ2n) is 7.94. The van der Waals surface area contributed by atoms with Crippen molar-refractivity contribution in [1.29, 1.82) is 0 Å². The van der Waals surface area contributed by atoms with Crippen molar-refractivity contribution < 1.29 is 4.74 Å². The Morgan fingerprint density at radius 3 is 2.81 bits per heavy atom. The minimum absolute atomic E-state index is 0.448. The van der Waals surface area contributed by atoms with E-state index in [0.717, 1.165) is 25.0 Å². The van der Waals surface area contributed by atoms with E-state index >= 15 is 0 Å². The molecule has 1 aliphatic heterocycles. The van der Waals surface area contributed by atoms with Crippen LogP contribution < -0.4 is 5.32 Å². The molecule has 0 bridgehead atoms. The maximum absolute atomic E-state index is 5.33. The normalized spacial score (nSPS) is 33.4. The number of methoxy groups -OCH3 is 1. The lowest BCUT2D eigenvalue weighted by Crippen LogP contribution is -2.52. The van der Waals surface area contributed by atoms with Crippen molar-refractivity contribution in [1.82, 2.24) is 10.2 Å². The van der Waals surface area contributed by atoms with E-state index in [-0.39, 0.29) is 0 Å². The zero-order chi connectivity index (χ0) is 15.3. The highest BCUT2D eigenvalue weighted by atomic mass is 16.5. The Morgan fingerprint density at radius 2 is 2.10 bits per heavy atom. The van der Waals surface area contributed by atoms with Crippen LogP contribution in [-0.2, 0) is 4.74 Å². The molecule has 0 spiro atoms. The van der Waals surface area contributed by atoms with Gasteiger partial charge >= 0.3 is 0 Å². The van der Waals surface area contributed by atoms with E-state index in [1.807, 2.05) is 7.11 Å². The van der Waals surface area contributed by atoms with Gasteiger partial charge < -0.3 is 15.0 Å². The summed E-state index contributed by atoms with van der Waals surface area (Å²) in [4.78, 5) is 2.69. The molecule has 2 rings (SSSR count). The molecule has 3 nitrogen and oxygen atoms in total. The van der Waals surface area contributed by atoms with Gasteiger partial charge in [-0.2, -0.15) is 0 Å². The molecule has 1 aliphatic carbocycles. The van der Waals surface area contributed by atoms with Gasteiger partial charge in [0.15, 0.2) is 0 Å². The molecule has 0 aromatic carbocycles. The molecule has 3 unspecified atom stereocenters. The van der Waals surface area contributed by atoms with Crippen LogP contribution in [0.3, 0.4) is 0 Å². The highest BCUT2D eigenvalue weighted by Gasteiger charge is 2.39. The zero-order valence-corrected chi connectivity index (χ0v) is 14.7. The number of hydrogen-bond donors (Lipinski definition) is 1. The standard InChI is InChI=1S/C18H36N2O/c1-5-10-19-17-16(7-6-9-18(17,2)3)13-20-11-8-15(12-20)14-21-4/h15-17,19H,5-14H2,1-4H3. The van der Waals surface area contributed by atoms with Crippen LogP contribution in [0.4, 0.5) is 0 Å². The van der Waals surface area contributed by atoms with Crippen LogP contribution in [0.2, 0.25) is 0 Å². The predicted octanol–water partition coefficient (Wildman–Crippen LogP) is 3.15. The summed E-state index contributed by atoms with van der Waals surface area (Å²) in [5.74, 6) is 1.58. The Hall–Kier alpha value is -0.120. The molecule has 2 fully saturated rings.